The maximum Gasteiger partial charge on any atom is 0.300 e. The quantitative estimate of drug-likeness (QED) is 0.779. The molecule has 0 aliphatic carbocycles. The van der Waals surface area contributed by atoms with Gasteiger partial charge in [0.15, 0.2) is 5.58 Å². The highest BCUT2D eigenvalue weighted by molar-refractivity contribution is 5.71. The molecule has 2 aromatic rings. The number of nitrogens with zero attached hydrogens (tertiary/aromatic N) is 4. The molecule has 0 amide bonds. The average Bonchev–Trinajstić information content (AvgIpc) is 2.95. The van der Waals surface area contributed by atoms with Crippen molar-refractivity contribution in [1.82, 2.24) is 14.9 Å². The van der Waals surface area contributed by atoms with Crippen LogP contribution < -0.4 is 4.90 Å². The van der Waals surface area contributed by atoms with Gasteiger partial charge in [0.1, 0.15) is 0 Å². The molecule has 4 rings (SSSR count). The zero-order valence-electron chi connectivity index (χ0n) is 11.4. The monoisotopic (exact) mass is 258 g/mol. The topological polar surface area (TPSA) is 45.4 Å². The number of pyridine rings is 1. The van der Waals surface area contributed by atoms with Crippen molar-refractivity contribution in [2.24, 2.45) is 0 Å². The molecule has 2 atom stereocenters. The molecular weight excluding hydrogens is 240 g/mol. The smallest absolute Gasteiger partial charge is 0.300 e. The van der Waals surface area contributed by atoms with E-state index in [4.69, 9.17) is 4.42 Å². The third-order valence-corrected chi connectivity index (χ3v) is 4.41. The number of fused-ring (bicyclic) bond motifs is 3. The maximum atomic E-state index is 5.93. The van der Waals surface area contributed by atoms with Gasteiger partial charge in [-0.2, -0.15) is 4.98 Å². The van der Waals surface area contributed by atoms with Crippen LogP contribution in [0.4, 0.5) is 6.01 Å². The Labute approximate surface area is 112 Å². The number of oxazole rings is 1. The zero-order valence-corrected chi connectivity index (χ0v) is 11.4. The second-order valence-electron chi connectivity index (χ2n) is 5.65. The van der Waals surface area contributed by atoms with Crippen LogP contribution in [-0.2, 0) is 0 Å². The van der Waals surface area contributed by atoms with E-state index in [-0.39, 0.29) is 0 Å². The molecule has 2 fully saturated rings. The number of anilines is 1. The lowest BCUT2D eigenvalue weighted by Crippen LogP contribution is -2.46. The fraction of sp³-hybridized carbons (Fsp3) is 0.571. The third kappa shape index (κ3) is 1.72. The summed E-state index contributed by atoms with van der Waals surface area (Å²) in [6.45, 7) is 8.54. The summed E-state index contributed by atoms with van der Waals surface area (Å²) in [5.74, 6) is 0. The van der Waals surface area contributed by atoms with Crippen molar-refractivity contribution in [2.45, 2.75) is 26.3 Å². The van der Waals surface area contributed by atoms with Crippen LogP contribution >= 0.6 is 0 Å². The normalized spacial score (nSPS) is 26.3. The van der Waals surface area contributed by atoms with Gasteiger partial charge in [-0.1, -0.05) is 0 Å². The Morgan fingerprint density at radius 2 is 2.11 bits per heavy atom. The maximum absolute atomic E-state index is 5.93. The van der Waals surface area contributed by atoms with E-state index in [1.165, 1.54) is 13.0 Å². The summed E-state index contributed by atoms with van der Waals surface area (Å²) in [4.78, 5) is 13.9. The van der Waals surface area contributed by atoms with Crippen molar-refractivity contribution in [3.05, 3.63) is 17.3 Å². The van der Waals surface area contributed by atoms with Crippen LogP contribution in [0.15, 0.2) is 10.5 Å². The van der Waals surface area contributed by atoms with Gasteiger partial charge in [0.05, 0.1) is 0 Å². The van der Waals surface area contributed by atoms with Crippen LogP contribution in [0.3, 0.4) is 0 Å². The largest absolute Gasteiger partial charge is 0.422 e. The van der Waals surface area contributed by atoms with Gasteiger partial charge in [-0.25, -0.2) is 4.98 Å². The number of piperazine rings is 1. The lowest BCUT2D eigenvalue weighted by atomic mass is 10.2. The summed E-state index contributed by atoms with van der Waals surface area (Å²) in [6, 6.07) is 3.35. The summed E-state index contributed by atoms with van der Waals surface area (Å²) in [7, 11) is 0. The minimum atomic E-state index is 0.559. The van der Waals surface area contributed by atoms with Crippen LogP contribution in [0.1, 0.15) is 17.7 Å². The van der Waals surface area contributed by atoms with Gasteiger partial charge >= 0.3 is 0 Å². The van der Waals surface area contributed by atoms with Gasteiger partial charge in [-0.15, -0.1) is 0 Å². The predicted octanol–water partition coefficient (Wildman–Crippen LogP) is 1.73. The molecule has 0 radical (unpaired) electrons. The van der Waals surface area contributed by atoms with Crippen molar-refractivity contribution in [3.63, 3.8) is 0 Å². The molecule has 0 spiro atoms. The number of aryl methyl sites for hydroxylation is 2. The van der Waals surface area contributed by atoms with E-state index in [0.29, 0.717) is 6.04 Å². The molecule has 2 saturated heterocycles. The molecule has 5 nitrogen and oxygen atoms in total. The van der Waals surface area contributed by atoms with Gasteiger partial charge in [-0.3, -0.25) is 4.90 Å². The second-order valence-corrected chi connectivity index (χ2v) is 5.65. The first-order valence-corrected chi connectivity index (χ1v) is 6.94. The molecule has 1 unspecified atom stereocenters. The number of hydrogen-bond donors (Lipinski definition) is 0. The Morgan fingerprint density at radius 1 is 1.21 bits per heavy atom. The standard InChI is InChI=1S/C14H18N4O/c1-9-7-12-13(15-10(9)2)16-14(19-12)18-6-5-17-4-3-11(18)8-17/h7,11H,3-6,8H2,1-2H3/t11-/m1/s1. The van der Waals surface area contributed by atoms with Gasteiger partial charge in [0.25, 0.3) is 6.01 Å². The Balaban J connectivity index is 1.75. The van der Waals surface area contributed by atoms with Crippen molar-refractivity contribution in [3.8, 4) is 0 Å². The summed E-state index contributed by atoms with van der Waals surface area (Å²) in [5.41, 5.74) is 3.72. The molecule has 2 aliphatic rings. The fourth-order valence-corrected chi connectivity index (χ4v) is 3.11. The van der Waals surface area contributed by atoms with Crippen LogP contribution in [-0.4, -0.2) is 47.1 Å². The SMILES string of the molecule is Cc1cc2oc(N3CCN4CC[C@@H]3C4)nc2nc1C. The molecule has 2 bridgehead atoms. The van der Waals surface area contributed by atoms with Crippen molar-refractivity contribution >= 4 is 17.2 Å². The minimum absolute atomic E-state index is 0.559. The van der Waals surface area contributed by atoms with Gasteiger partial charge in [-0.05, 0) is 31.9 Å². The number of hydrogen-bond acceptors (Lipinski definition) is 5. The number of aromatic nitrogens is 2. The van der Waals surface area contributed by atoms with E-state index in [1.54, 1.807) is 0 Å². The van der Waals surface area contributed by atoms with Gasteiger partial charge < -0.3 is 9.32 Å². The van der Waals surface area contributed by atoms with Crippen molar-refractivity contribution in [1.29, 1.82) is 0 Å². The Hall–Kier alpha value is -1.62. The van der Waals surface area contributed by atoms with Crippen molar-refractivity contribution < 1.29 is 4.42 Å². The van der Waals surface area contributed by atoms with E-state index >= 15 is 0 Å². The van der Waals surface area contributed by atoms with Crippen LogP contribution in [0.25, 0.3) is 11.2 Å². The first kappa shape index (κ1) is 11.2. The fourth-order valence-electron chi connectivity index (χ4n) is 3.11. The molecule has 19 heavy (non-hydrogen) atoms. The molecule has 100 valence electrons. The molecule has 2 aliphatic heterocycles. The molecule has 0 aromatic carbocycles. The third-order valence-electron chi connectivity index (χ3n) is 4.41. The highest BCUT2D eigenvalue weighted by atomic mass is 16.4. The van der Waals surface area contributed by atoms with Crippen LogP contribution in [0.5, 0.6) is 0 Å². The van der Waals surface area contributed by atoms with Gasteiger partial charge in [0.2, 0.25) is 5.65 Å². The van der Waals surface area contributed by atoms with E-state index in [2.05, 4.69) is 26.7 Å². The summed E-state index contributed by atoms with van der Waals surface area (Å²) in [5, 5.41) is 0. The van der Waals surface area contributed by atoms with Crippen molar-refractivity contribution in [2.75, 3.05) is 31.1 Å². The van der Waals surface area contributed by atoms with E-state index in [0.717, 1.165) is 48.1 Å². The van der Waals surface area contributed by atoms with E-state index < -0.39 is 0 Å². The first-order valence-electron chi connectivity index (χ1n) is 6.94. The Bertz CT molecular complexity index is 597. The first-order chi connectivity index (χ1) is 9.20. The molecule has 4 heterocycles. The Morgan fingerprint density at radius 3 is 3.00 bits per heavy atom. The average molecular weight is 258 g/mol. The highest BCUT2D eigenvalue weighted by Gasteiger charge is 2.34. The summed E-state index contributed by atoms with van der Waals surface area (Å²) < 4.78 is 5.93. The Kier molecular flexibility index (Phi) is 2.33. The highest BCUT2D eigenvalue weighted by Crippen LogP contribution is 2.29. The van der Waals surface area contributed by atoms with Crippen LogP contribution in [0, 0.1) is 13.8 Å². The molecule has 5 heteroatoms. The lowest BCUT2D eigenvalue weighted by molar-refractivity contribution is 0.304. The van der Waals surface area contributed by atoms with Gasteiger partial charge in [0, 0.05) is 37.9 Å². The zero-order chi connectivity index (χ0) is 13.0. The summed E-state index contributed by atoms with van der Waals surface area (Å²) >= 11 is 0. The molecule has 0 N–H and O–H groups in total. The molecular formula is C14H18N4O. The van der Waals surface area contributed by atoms with E-state index in [1.807, 2.05) is 13.0 Å². The minimum Gasteiger partial charge on any atom is -0.422 e. The van der Waals surface area contributed by atoms with Crippen LogP contribution in [0.2, 0.25) is 0 Å². The second kappa shape index (κ2) is 3.93. The molecule has 0 saturated carbocycles. The van der Waals surface area contributed by atoms with E-state index in [9.17, 15) is 0 Å². The lowest BCUT2D eigenvalue weighted by Gasteiger charge is -2.32. The summed E-state index contributed by atoms with van der Waals surface area (Å²) in [6.07, 6.45) is 1.21. The number of rotatable bonds is 1. The molecule has 2 aromatic heterocycles. The predicted molar refractivity (Wildman–Crippen MR) is 73.5 cm³/mol.